The Morgan fingerprint density at radius 3 is 2.07 bits per heavy atom. The van der Waals surface area contributed by atoms with Gasteiger partial charge in [0.25, 0.3) is 0 Å². The minimum Gasteiger partial charge on any atom is -0.492 e. The molecule has 3 rings (SSSR count). The van der Waals surface area contributed by atoms with Crippen LogP contribution in [0.1, 0.15) is 0 Å². The van der Waals surface area contributed by atoms with Crippen LogP contribution in [0.5, 0.6) is 5.75 Å². The van der Waals surface area contributed by atoms with Crippen LogP contribution >= 0.6 is 11.8 Å². The lowest BCUT2D eigenvalue weighted by molar-refractivity contribution is -0.205. The second-order valence-corrected chi connectivity index (χ2v) is 7.81. The number of azo groups is 1. The number of thioether (sulfide) groups is 1. The molecule has 0 unspecified atom stereocenters. The van der Waals surface area contributed by atoms with Gasteiger partial charge in [0.1, 0.15) is 42.2 Å². The molecule has 5 atom stereocenters. The summed E-state index contributed by atoms with van der Waals surface area (Å²) in [5.74, 6) is 0.717. The number of nitrogens with zero attached hydrogens (tertiary/aromatic N) is 2. The van der Waals surface area contributed by atoms with E-state index in [4.69, 9.17) is 15.2 Å². The molecule has 162 valence electrons. The van der Waals surface area contributed by atoms with E-state index in [0.29, 0.717) is 30.3 Å². The smallest absolute Gasteiger partial charge is 0.136 e. The third-order valence-electron chi connectivity index (χ3n) is 4.44. The molecule has 9 nitrogen and oxygen atoms in total. The average Bonchev–Trinajstić information content (AvgIpc) is 2.78. The van der Waals surface area contributed by atoms with Crippen LogP contribution in [-0.4, -0.2) is 70.0 Å². The van der Waals surface area contributed by atoms with Crippen molar-refractivity contribution >= 4 is 23.1 Å². The van der Waals surface area contributed by atoms with E-state index in [1.165, 1.54) is 11.8 Å². The molecular formula is C20H25N3O6S. The minimum absolute atomic E-state index is 0.451. The highest BCUT2D eigenvalue weighted by molar-refractivity contribution is 7.99. The van der Waals surface area contributed by atoms with E-state index in [2.05, 4.69) is 10.2 Å². The van der Waals surface area contributed by atoms with Gasteiger partial charge in [0.2, 0.25) is 0 Å². The Balaban J connectivity index is 1.59. The first-order valence-electron chi connectivity index (χ1n) is 9.43. The number of hydrogen-bond donors (Lipinski definition) is 5. The molecule has 6 N–H and O–H groups in total. The first-order chi connectivity index (χ1) is 14.5. The fourth-order valence-electron chi connectivity index (χ4n) is 2.79. The van der Waals surface area contributed by atoms with Crippen molar-refractivity contribution in [1.82, 2.24) is 0 Å². The molecule has 0 spiro atoms. The molecule has 0 aromatic heterocycles. The lowest BCUT2D eigenvalue weighted by atomic mass is 10.0. The molecule has 0 bridgehead atoms. The van der Waals surface area contributed by atoms with Crippen LogP contribution in [0.15, 0.2) is 63.7 Å². The van der Waals surface area contributed by atoms with Crippen LogP contribution in [0.2, 0.25) is 0 Å². The molecule has 30 heavy (non-hydrogen) atoms. The number of ether oxygens (including phenoxy) is 2. The maximum Gasteiger partial charge on any atom is 0.136 e. The summed E-state index contributed by atoms with van der Waals surface area (Å²) in [5.41, 5.74) is 5.89. The number of rotatable bonds is 8. The van der Waals surface area contributed by atoms with Crippen LogP contribution in [0.3, 0.4) is 0 Å². The van der Waals surface area contributed by atoms with Gasteiger partial charge in [-0.2, -0.15) is 10.2 Å². The number of benzene rings is 2. The van der Waals surface area contributed by atoms with Gasteiger partial charge in [0.15, 0.2) is 0 Å². The molecule has 0 aliphatic carbocycles. The zero-order chi connectivity index (χ0) is 21.5. The molecule has 1 saturated heterocycles. The predicted octanol–water partition coefficient (Wildman–Crippen LogP) is 1.33. The van der Waals surface area contributed by atoms with Crippen molar-refractivity contribution < 1.29 is 29.9 Å². The van der Waals surface area contributed by atoms with Crippen molar-refractivity contribution in [2.45, 2.75) is 34.7 Å². The summed E-state index contributed by atoms with van der Waals surface area (Å²) in [6.07, 6.45) is -4.98. The van der Waals surface area contributed by atoms with Crippen molar-refractivity contribution in [2.75, 3.05) is 19.8 Å². The minimum atomic E-state index is -1.39. The van der Waals surface area contributed by atoms with E-state index in [1.807, 2.05) is 0 Å². The summed E-state index contributed by atoms with van der Waals surface area (Å²) in [6, 6.07) is 14.3. The molecule has 1 aliphatic heterocycles. The molecule has 2 aromatic rings. The topological polar surface area (TPSA) is 150 Å². The van der Waals surface area contributed by atoms with E-state index in [1.54, 1.807) is 48.5 Å². The Kier molecular flexibility index (Phi) is 8.16. The quantitative estimate of drug-likeness (QED) is 0.390. The monoisotopic (exact) mass is 435 g/mol. The summed E-state index contributed by atoms with van der Waals surface area (Å²) in [7, 11) is 0. The molecule has 1 fully saturated rings. The zero-order valence-corrected chi connectivity index (χ0v) is 16.9. The largest absolute Gasteiger partial charge is 0.492 e. The van der Waals surface area contributed by atoms with Gasteiger partial charge in [-0.05, 0) is 48.5 Å². The molecule has 1 heterocycles. The standard InChI is InChI=1S/C20H25N3O6S/c21-9-10-28-14-5-1-12(2-6-14)22-23-13-3-7-15(8-4-13)30-20-19(27)18(26)17(25)16(11-24)29-20/h1-8,16-20,24-27H,9-11,21H2/t16-,17+,18+,19-,20+/m1/s1. The van der Waals surface area contributed by atoms with Gasteiger partial charge < -0.3 is 35.6 Å². The lowest BCUT2D eigenvalue weighted by Gasteiger charge is -2.39. The molecule has 10 heteroatoms. The highest BCUT2D eigenvalue weighted by Crippen LogP contribution is 2.34. The number of aliphatic hydroxyl groups excluding tert-OH is 4. The van der Waals surface area contributed by atoms with Crippen LogP contribution < -0.4 is 10.5 Å². The summed E-state index contributed by atoms with van der Waals surface area (Å²) < 4.78 is 10.9. The Hall–Kier alpha value is -2.05. The highest BCUT2D eigenvalue weighted by atomic mass is 32.2. The molecule has 0 saturated carbocycles. The maximum absolute atomic E-state index is 10.1. The van der Waals surface area contributed by atoms with E-state index < -0.39 is 36.5 Å². The second kappa shape index (κ2) is 10.8. The first-order valence-corrected chi connectivity index (χ1v) is 10.3. The van der Waals surface area contributed by atoms with Crippen LogP contribution in [-0.2, 0) is 4.74 Å². The van der Waals surface area contributed by atoms with Crippen LogP contribution in [0, 0.1) is 0 Å². The normalized spacial score (nSPS) is 26.8. The van der Waals surface area contributed by atoms with Gasteiger partial charge in [0.05, 0.1) is 18.0 Å². The number of aliphatic hydroxyl groups is 4. The van der Waals surface area contributed by atoms with Gasteiger partial charge in [-0.25, -0.2) is 0 Å². The fraction of sp³-hybridized carbons (Fsp3) is 0.400. The van der Waals surface area contributed by atoms with Gasteiger partial charge in [-0.15, -0.1) is 0 Å². The van der Waals surface area contributed by atoms with Gasteiger partial charge in [0, 0.05) is 11.4 Å². The van der Waals surface area contributed by atoms with Crippen molar-refractivity contribution in [3.63, 3.8) is 0 Å². The van der Waals surface area contributed by atoms with Crippen molar-refractivity contribution in [3.05, 3.63) is 48.5 Å². The Labute approximate surface area is 178 Å². The molecule has 1 aliphatic rings. The Morgan fingerprint density at radius 1 is 0.900 bits per heavy atom. The Bertz CT molecular complexity index is 818. The highest BCUT2D eigenvalue weighted by Gasteiger charge is 2.43. The number of nitrogens with two attached hydrogens (primary N) is 1. The van der Waals surface area contributed by atoms with Crippen molar-refractivity contribution in [3.8, 4) is 5.75 Å². The predicted molar refractivity (Wildman–Crippen MR) is 111 cm³/mol. The third-order valence-corrected chi connectivity index (χ3v) is 5.61. The van der Waals surface area contributed by atoms with Crippen LogP contribution in [0.4, 0.5) is 11.4 Å². The maximum atomic E-state index is 10.1. The van der Waals surface area contributed by atoms with E-state index in [-0.39, 0.29) is 0 Å². The third kappa shape index (κ3) is 5.76. The lowest BCUT2D eigenvalue weighted by Crippen LogP contribution is -2.57. The van der Waals surface area contributed by atoms with Crippen molar-refractivity contribution in [2.24, 2.45) is 16.0 Å². The molecule has 2 aromatic carbocycles. The average molecular weight is 436 g/mol. The van der Waals surface area contributed by atoms with Gasteiger partial charge in [-0.1, -0.05) is 11.8 Å². The molecular weight excluding hydrogens is 410 g/mol. The molecule has 0 amide bonds. The van der Waals surface area contributed by atoms with Crippen LogP contribution in [0.25, 0.3) is 0 Å². The van der Waals surface area contributed by atoms with E-state index in [9.17, 15) is 20.4 Å². The van der Waals surface area contributed by atoms with Gasteiger partial charge in [-0.3, -0.25) is 0 Å². The summed E-state index contributed by atoms with van der Waals surface area (Å²) in [6.45, 7) is 0.446. The zero-order valence-electron chi connectivity index (χ0n) is 16.1. The van der Waals surface area contributed by atoms with E-state index >= 15 is 0 Å². The van der Waals surface area contributed by atoms with E-state index in [0.717, 1.165) is 4.90 Å². The fourth-order valence-corrected chi connectivity index (χ4v) is 3.85. The number of hydrogen-bond acceptors (Lipinski definition) is 10. The Morgan fingerprint density at radius 2 is 1.50 bits per heavy atom. The first kappa shape index (κ1) is 22.6. The van der Waals surface area contributed by atoms with Crippen molar-refractivity contribution in [1.29, 1.82) is 0 Å². The summed E-state index contributed by atoms with van der Waals surface area (Å²) in [5, 5.41) is 47.5. The SMILES string of the molecule is NCCOc1ccc(N=Nc2ccc(S[C@@H]3O[C@H](CO)[C@H](O)[C@H](O)[C@H]3O)cc2)cc1. The summed E-state index contributed by atoms with van der Waals surface area (Å²) >= 11 is 1.18. The van der Waals surface area contributed by atoms with Gasteiger partial charge >= 0.3 is 0 Å². The second-order valence-electron chi connectivity index (χ2n) is 6.64. The summed E-state index contributed by atoms with van der Waals surface area (Å²) in [4.78, 5) is 0.764. The molecule has 0 radical (unpaired) electrons.